The predicted molar refractivity (Wildman–Crippen MR) is 84.0 cm³/mol. The van der Waals surface area contributed by atoms with E-state index in [1.54, 1.807) is 4.68 Å². The summed E-state index contributed by atoms with van der Waals surface area (Å²) >= 11 is 10.9. The molecule has 0 radical (unpaired) electrons. The molecule has 2 N–H and O–H groups in total. The van der Waals surface area contributed by atoms with Crippen molar-refractivity contribution in [1.82, 2.24) is 9.78 Å². The van der Waals surface area contributed by atoms with Crippen molar-refractivity contribution in [2.45, 2.75) is 0 Å². The van der Waals surface area contributed by atoms with Crippen molar-refractivity contribution < 1.29 is 0 Å². The van der Waals surface area contributed by atoms with E-state index in [4.69, 9.17) is 17.3 Å². The maximum Gasteiger partial charge on any atom is 0.117 e. The largest absolute Gasteiger partial charge is 0.396 e. The van der Waals surface area contributed by atoms with Gasteiger partial charge in [-0.3, -0.25) is 0 Å². The van der Waals surface area contributed by atoms with Gasteiger partial charge < -0.3 is 5.73 Å². The molecule has 0 saturated heterocycles. The molecule has 0 aliphatic carbocycles. The smallest absolute Gasteiger partial charge is 0.117 e. The average Bonchev–Trinajstić information content (AvgIpc) is 2.95. The Hall–Kier alpha value is -1.30. The van der Waals surface area contributed by atoms with Gasteiger partial charge in [-0.15, -0.1) is 11.3 Å². The zero-order chi connectivity index (χ0) is 13.4. The Kier molecular flexibility index (Phi) is 3.35. The van der Waals surface area contributed by atoms with E-state index in [1.807, 2.05) is 41.9 Å². The fourth-order valence-electron chi connectivity index (χ4n) is 1.80. The quantitative estimate of drug-likeness (QED) is 0.731. The maximum absolute atomic E-state index is 6.02. The lowest BCUT2D eigenvalue weighted by Gasteiger charge is -2.00. The predicted octanol–water partition coefficient (Wildman–Crippen LogP) is 4.60. The molecule has 2 aromatic heterocycles. The van der Waals surface area contributed by atoms with Crippen LogP contribution in [0.4, 0.5) is 5.69 Å². The molecule has 3 aromatic rings. The summed E-state index contributed by atoms with van der Waals surface area (Å²) in [6, 6.07) is 9.75. The molecule has 0 atom stereocenters. The second-order valence-corrected chi connectivity index (χ2v) is 6.46. The molecular weight excluding hydrogens is 346 g/mol. The van der Waals surface area contributed by atoms with Crippen LogP contribution in [0.25, 0.3) is 16.9 Å². The van der Waals surface area contributed by atoms with Crippen molar-refractivity contribution in [3.05, 3.63) is 50.7 Å². The second kappa shape index (κ2) is 5.00. The molecule has 1 aromatic carbocycles. The van der Waals surface area contributed by atoms with E-state index >= 15 is 0 Å². The van der Waals surface area contributed by atoms with Crippen molar-refractivity contribution in [2.75, 3.05) is 5.73 Å². The number of nitrogen functional groups attached to an aromatic ring is 1. The lowest BCUT2D eigenvalue weighted by atomic mass is 10.2. The number of anilines is 1. The summed E-state index contributed by atoms with van der Waals surface area (Å²) in [5, 5.41) is 6.47. The lowest BCUT2D eigenvalue weighted by molar-refractivity contribution is 0.884. The van der Waals surface area contributed by atoms with Crippen LogP contribution in [0, 0.1) is 0 Å². The van der Waals surface area contributed by atoms with Crippen LogP contribution in [0.15, 0.2) is 46.4 Å². The molecule has 0 aliphatic heterocycles. The number of hydrogen-bond donors (Lipinski definition) is 1. The van der Waals surface area contributed by atoms with Crippen molar-refractivity contribution in [1.29, 1.82) is 0 Å². The highest BCUT2D eigenvalue weighted by Gasteiger charge is 2.11. The van der Waals surface area contributed by atoms with Crippen LogP contribution >= 0.6 is 38.9 Å². The first-order chi connectivity index (χ1) is 9.13. The number of nitrogens with zero attached hydrogens (tertiary/aromatic N) is 2. The number of hydrogen-bond acceptors (Lipinski definition) is 3. The van der Waals surface area contributed by atoms with Gasteiger partial charge in [0, 0.05) is 15.4 Å². The molecule has 0 bridgehead atoms. The fourth-order valence-corrected chi connectivity index (χ4v) is 3.05. The van der Waals surface area contributed by atoms with Gasteiger partial charge >= 0.3 is 0 Å². The Bertz CT molecular complexity index is 735. The summed E-state index contributed by atoms with van der Waals surface area (Å²) in [7, 11) is 0. The monoisotopic (exact) mass is 353 g/mol. The topological polar surface area (TPSA) is 43.8 Å². The molecule has 0 saturated carbocycles. The van der Waals surface area contributed by atoms with E-state index in [2.05, 4.69) is 21.0 Å². The molecule has 0 fully saturated rings. The van der Waals surface area contributed by atoms with Crippen LogP contribution in [-0.4, -0.2) is 9.78 Å². The highest BCUT2D eigenvalue weighted by molar-refractivity contribution is 9.10. The molecule has 96 valence electrons. The van der Waals surface area contributed by atoms with Crippen molar-refractivity contribution in [2.24, 2.45) is 0 Å². The Morgan fingerprint density at radius 3 is 2.84 bits per heavy atom. The Morgan fingerprint density at radius 2 is 2.16 bits per heavy atom. The first-order valence-electron chi connectivity index (χ1n) is 5.49. The third-order valence-electron chi connectivity index (χ3n) is 2.66. The fraction of sp³-hybridized carbons (Fsp3) is 0. The third kappa shape index (κ3) is 2.54. The maximum atomic E-state index is 6.02. The van der Waals surface area contributed by atoms with Gasteiger partial charge in [-0.25, -0.2) is 4.68 Å². The number of rotatable bonds is 2. The van der Waals surface area contributed by atoms with Crippen LogP contribution < -0.4 is 5.73 Å². The molecular formula is C13H9BrClN3S. The van der Waals surface area contributed by atoms with Crippen molar-refractivity contribution >= 4 is 44.6 Å². The molecule has 19 heavy (non-hydrogen) atoms. The van der Waals surface area contributed by atoms with Crippen molar-refractivity contribution in [3.8, 4) is 16.9 Å². The van der Waals surface area contributed by atoms with E-state index in [0.29, 0.717) is 5.69 Å². The van der Waals surface area contributed by atoms with Crippen LogP contribution in [0.2, 0.25) is 4.34 Å². The normalized spacial score (nSPS) is 10.8. The Morgan fingerprint density at radius 1 is 1.32 bits per heavy atom. The van der Waals surface area contributed by atoms with E-state index in [9.17, 15) is 0 Å². The number of halogens is 2. The van der Waals surface area contributed by atoms with Crippen LogP contribution in [0.1, 0.15) is 0 Å². The van der Waals surface area contributed by atoms with E-state index in [0.717, 1.165) is 25.8 Å². The van der Waals surface area contributed by atoms with E-state index < -0.39 is 0 Å². The summed E-state index contributed by atoms with van der Waals surface area (Å²) in [6.07, 6.45) is 1.81. The lowest BCUT2D eigenvalue weighted by Crippen LogP contribution is -1.94. The van der Waals surface area contributed by atoms with Crippen LogP contribution in [0.3, 0.4) is 0 Å². The minimum absolute atomic E-state index is 0.634. The number of nitrogens with two attached hydrogens (primary N) is 1. The van der Waals surface area contributed by atoms with Crippen LogP contribution in [-0.2, 0) is 0 Å². The molecule has 3 rings (SSSR count). The van der Waals surface area contributed by atoms with E-state index in [1.165, 1.54) is 11.3 Å². The van der Waals surface area contributed by atoms with Gasteiger partial charge in [-0.05, 0) is 24.3 Å². The van der Waals surface area contributed by atoms with Gasteiger partial charge in [-0.2, -0.15) is 5.10 Å². The minimum Gasteiger partial charge on any atom is -0.396 e. The van der Waals surface area contributed by atoms with Crippen molar-refractivity contribution in [3.63, 3.8) is 0 Å². The first kappa shape index (κ1) is 12.7. The molecule has 3 nitrogen and oxygen atoms in total. The highest BCUT2D eigenvalue weighted by atomic mass is 79.9. The molecule has 0 unspecified atom stereocenters. The third-order valence-corrected chi connectivity index (χ3v) is 4.24. The summed E-state index contributed by atoms with van der Waals surface area (Å²) in [4.78, 5) is 0. The zero-order valence-electron chi connectivity index (χ0n) is 9.68. The molecule has 0 amide bonds. The summed E-state index contributed by atoms with van der Waals surface area (Å²) in [6.45, 7) is 0. The SMILES string of the molecule is Nc1cn(-c2cccc(Br)c2)nc1-c1csc(Cl)c1. The van der Waals surface area contributed by atoms with Crippen LogP contribution in [0.5, 0.6) is 0 Å². The summed E-state index contributed by atoms with van der Waals surface area (Å²) in [5.74, 6) is 0. The average molecular weight is 355 g/mol. The van der Waals surface area contributed by atoms with E-state index in [-0.39, 0.29) is 0 Å². The Balaban J connectivity index is 2.06. The second-order valence-electron chi connectivity index (χ2n) is 4.00. The van der Waals surface area contributed by atoms with Gasteiger partial charge in [0.25, 0.3) is 0 Å². The van der Waals surface area contributed by atoms with Gasteiger partial charge in [0.05, 0.1) is 21.9 Å². The number of benzene rings is 1. The number of thiophene rings is 1. The zero-order valence-corrected chi connectivity index (χ0v) is 12.8. The van der Waals surface area contributed by atoms with Gasteiger partial charge in [0.1, 0.15) is 5.69 Å². The minimum atomic E-state index is 0.634. The summed E-state index contributed by atoms with van der Waals surface area (Å²) < 4.78 is 3.49. The first-order valence-corrected chi connectivity index (χ1v) is 7.54. The summed E-state index contributed by atoms with van der Waals surface area (Å²) in [5.41, 5.74) is 9.31. The highest BCUT2D eigenvalue weighted by Crippen LogP contribution is 2.31. The molecule has 0 aliphatic rings. The van der Waals surface area contributed by atoms with Gasteiger partial charge in [-0.1, -0.05) is 33.6 Å². The number of aromatic nitrogens is 2. The standard InChI is InChI=1S/C13H9BrClN3S/c14-9-2-1-3-10(5-9)18-6-11(16)13(17-18)8-4-12(15)19-7-8/h1-7H,16H2. The molecule has 6 heteroatoms. The Labute approximate surface area is 127 Å². The van der Waals surface area contributed by atoms with Gasteiger partial charge in [0.2, 0.25) is 0 Å². The molecule has 2 heterocycles. The molecule has 0 spiro atoms. The van der Waals surface area contributed by atoms with Gasteiger partial charge in [0.15, 0.2) is 0 Å².